The van der Waals surface area contributed by atoms with Crippen molar-refractivity contribution in [2.75, 3.05) is 20.1 Å². The Morgan fingerprint density at radius 1 is 1.53 bits per heavy atom. The van der Waals surface area contributed by atoms with Crippen LogP contribution in [0.4, 0.5) is 0 Å². The molecule has 0 saturated heterocycles. The molecule has 1 rings (SSSR count). The molecule has 108 valence electrons. The van der Waals surface area contributed by atoms with Gasteiger partial charge in [0.05, 0.1) is 0 Å². The van der Waals surface area contributed by atoms with Crippen molar-refractivity contribution in [3.63, 3.8) is 0 Å². The zero-order valence-electron chi connectivity index (χ0n) is 11.9. The highest BCUT2D eigenvalue weighted by Crippen LogP contribution is 2.20. The van der Waals surface area contributed by atoms with Gasteiger partial charge in [-0.15, -0.1) is 0 Å². The Balaban J connectivity index is 3.22. The second kappa shape index (κ2) is 6.31. The Morgan fingerprint density at radius 3 is 2.63 bits per heavy atom. The van der Waals surface area contributed by atoms with Crippen molar-refractivity contribution in [1.29, 1.82) is 0 Å². The van der Waals surface area contributed by atoms with E-state index < -0.39 is 10.0 Å². The third kappa shape index (κ3) is 3.43. The number of nitrogens with one attached hydrogen (secondary N) is 2. The molecular formula is C12H22N4O2S. The lowest BCUT2D eigenvalue weighted by atomic mass is 10.3. The van der Waals surface area contributed by atoms with Crippen molar-refractivity contribution in [2.45, 2.75) is 32.3 Å². The predicted molar refractivity (Wildman–Crippen MR) is 75.3 cm³/mol. The number of sulfonamides is 1. The molecule has 0 saturated carbocycles. The Hall–Kier alpha value is -1.18. The van der Waals surface area contributed by atoms with Gasteiger partial charge in [0.1, 0.15) is 0 Å². The van der Waals surface area contributed by atoms with Gasteiger partial charge in [-0.05, 0) is 20.9 Å². The van der Waals surface area contributed by atoms with Crippen LogP contribution in [0.15, 0.2) is 17.2 Å². The van der Waals surface area contributed by atoms with Crippen LogP contribution in [-0.4, -0.2) is 43.1 Å². The molecule has 0 fully saturated rings. The van der Waals surface area contributed by atoms with Crippen LogP contribution in [0.25, 0.3) is 0 Å². The zero-order chi connectivity index (χ0) is 14.6. The lowest BCUT2D eigenvalue weighted by Crippen LogP contribution is -2.33. The second-order valence-corrected chi connectivity index (χ2v) is 6.40. The molecule has 1 aromatic rings. The lowest BCUT2D eigenvalue weighted by Gasteiger charge is -2.19. The van der Waals surface area contributed by atoms with E-state index in [1.165, 1.54) is 4.31 Å². The molecule has 0 atom stereocenters. The average molecular weight is 286 g/mol. The number of aryl methyl sites for hydroxylation is 1. The van der Waals surface area contributed by atoms with Gasteiger partial charge in [0, 0.05) is 30.9 Å². The van der Waals surface area contributed by atoms with E-state index in [2.05, 4.69) is 22.1 Å². The molecular weight excluding hydrogens is 264 g/mol. The molecule has 1 heterocycles. The van der Waals surface area contributed by atoms with E-state index in [0.29, 0.717) is 25.2 Å². The fourth-order valence-corrected chi connectivity index (χ4v) is 3.49. The minimum absolute atomic E-state index is 0.0995. The Kier molecular flexibility index (Phi) is 5.28. The molecule has 0 aliphatic heterocycles. The van der Waals surface area contributed by atoms with Crippen molar-refractivity contribution < 1.29 is 8.42 Å². The molecule has 0 aromatic carbocycles. The number of likely N-dealkylation sites (N-methyl/N-ethyl adjacent to an activating group) is 1. The zero-order valence-corrected chi connectivity index (χ0v) is 12.8. The highest BCUT2D eigenvalue weighted by Gasteiger charge is 2.29. The van der Waals surface area contributed by atoms with Gasteiger partial charge >= 0.3 is 0 Å². The number of aromatic nitrogens is 2. The van der Waals surface area contributed by atoms with Gasteiger partial charge in [0.15, 0.2) is 5.03 Å². The normalized spacial score (nSPS) is 12.1. The maximum Gasteiger partial charge on any atom is 0.262 e. The molecule has 0 amide bonds. The van der Waals surface area contributed by atoms with Crippen LogP contribution < -0.4 is 5.32 Å². The summed E-state index contributed by atoms with van der Waals surface area (Å²) in [5.41, 5.74) is 2.25. The Morgan fingerprint density at radius 2 is 2.16 bits per heavy atom. The SMILES string of the molecule is C=C(C)CN(CC)S(=O)(=O)c1n[nH]c(C)c1CNC. The summed E-state index contributed by atoms with van der Waals surface area (Å²) in [6, 6.07) is 0. The summed E-state index contributed by atoms with van der Waals surface area (Å²) in [5, 5.41) is 9.76. The fraction of sp³-hybridized carbons (Fsp3) is 0.583. The summed E-state index contributed by atoms with van der Waals surface area (Å²) in [4.78, 5) is 0. The molecule has 0 aliphatic rings. The lowest BCUT2D eigenvalue weighted by molar-refractivity contribution is 0.449. The van der Waals surface area contributed by atoms with Crippen molar-refractivity contribution in [3.05, 3.63) is 23.4 Å². The summed E-state index contributed by atoms with van der Waals surface area (Å²) < 4.78 is 26.5. The molecule has 1 aromatic heterocycles. The van der Waals surface area contributed by atoms with Crippen molar-refractivity contribution in [1.82, 2.24) is 19.8 Å². The molecule has 0 aliphatic carbocycles. The van der Waals surface area contributed by atoms with Gasteiger partial charge < -0.3 is 5.32 Å². The minimum Gasteiger partial charge on any atom is -0.316 e. The largest absolute Gasteiger partial charge is 0.316 e. The predicted octanol–water partition coefficient (Wildman–Crippen LogP) is 1.02. The molecule has 2 N–H and O–H groups in total. The van der Waals surface area contributed by atoms with Crippen LogP contribution in [0, 0.1) is 6.92 Å². The van der Waals surface area contributed by atoms with E-state index in [4.69, 9.17) is 0 Å². The number of nitrogens with zero attached hydrogens (tertiary/aromatic N) is 2. The van der Waals surface area contributed by atoms with Crippen LogP contribution in [0.5, 0.6) is 0 Å². The van der Waals surface area contributed by atoms with E-state index in [-0.39, 0.29) is 5.03 Å². The van der Waals surface area contributed by atoms with Gasteiger partial charge in [-0.3, -0.25) is 5.10 Å². The highest BCUT2D eigenvalue weighted by molar-refractivity contribution is 7.89. The molecule has 0 unspecified atom stereocenters. The van der Waals surface area contributed by atoms with Gasteiger partial charge in [0.2, 0.25) is 0 Å². The van der Waals surface area contributed by atoms with Gasteiger partial charge in [-0.25, -0.2) is 8.42 Å². The Bertz CT molecular complexity index is 548. The van der Waals surface area contributed by atoms with E-state index in [1.807, 2.05) is 13.8 Å². The fourth-order valence-electron chi connectivity index (χ4n) is 1.82. The molecule has 0 spiro atoms. The van der Waals surface area contributed by atoms with Gasteiger partial charge in [0.25, 0.3) is 10.0 Å². The second-order valence-electron chi connectivity index (χ2n) is 4.55. The van der Waals surface area contributed by atoms with Crippen LogP contribution in [-0.2, 0) is 16.6 Å². The summed E-state index contributed by atoms with van der Waals surface area (Å²) in [5.74, 6) is 0. The third-order valence-electron chi connectivity index (χ3n) is 2.77. The first-order chi connectivity index (χ1) is 8.84. The molecule has 19 heavy (non-hydrogen) atoms. The van der Waals surface area contributed by atoms with E-state index >= 15 is 0 Å². The van der Waals surface area contributed by atoms with E-state index in [0.717, 1.165) is 11.3 Å². The standard InChI is InChI=1S/C12H22N4O2S/c1-6-16(8-9(2)3)19(17,18)12-11(7-13-5)10(4)14-15-12/h13H,2,6-8H2,1,3-5H3,(H,14,15). The quantitative estimate of drug-likeness (QED) is 0.734. The molecule has 6 nitrogen and oxygen atoms in total. The molecule has 0 bridgehead atoms. The van der Waals surface area contributed by atoms with Gasteiger partial charge in [-0.2, -0.15) is 9.40 Å². The number of hydrogen-bond acceptors (Lipinski definition) is 4. The maximum atomic E-state index is 12.6. The number of hydrogen-bond donors (Lipinski definition) is 2. The third-order valence-corrected chi connectivity index (χ3v) is 4.67. The summed E-state index contributed by atoms with van der Waals surface area (Å²) in [6.45, 7) is 10.4. The minimum atomic E-state index is -3.59. The van der Waals surface area contributed by atoms with Crippen molar-refractivity contribution >= 4 is 10.0 Å². The maximum absolute atomic E-state index is 12.6. The van der Waals surface area contributed by atoms with Gasteiger partial charge in [-0.1, -0.05) is 19.1 Å². The monoisotopic (exact) mass is 286 g/mol. The van der Waals surface area contributed by atoms with Crippen LogP contribution in [0.2, 0.25) is 0 Å². The number of aromatic amines is 1. The average Bonchev–Trinajstić information content (AvgIpc) is 2.69. The first-order valence-electron chi connectivity index (χ1n) is 6.17. The van der Waals surface area contributed by atoms with E-state index in [1.54, 1.807) is 14.0 Å². The van der Waals surface area contributed by atoms with Crippen LogP contribution in [0.3, 0.4) is 0 Å². The summed E-state index contributed by atoms with van der Waals surface area (Å²) in [6.07, 6.45) is 0. The Labute approximate surface area is 114 Å². The highest BCUT2D eigenvalue weighted by atomic mass is 32.2. The van der Waals surface area contributed by atoms with E-state index in [9.17, 15) is 8.42 Å². The summed E-state index contributed by atoms with van der Waals surface area (Å²) >= 11 is 0. The summed E-state index contributed by atoms with van der Waals surface area (Å²) in [7, 11) is -1.82. The molecule has 0 radical (unpaired) electrons. The topological polar surface area (TPSA) is 78.1 Å². The molecule has 7 heteroatoms. The smallest absolute Gasteiger partial charge is 0.262 e. The number of rotatable bonds is 7. The van der Waals surface area contributed by atoms with Crippen molar-refractivity contribution in [2.24, 2.45) is 0 Å². The first kappa shape index (κ1) is 15.9. The first-order valence-corrected chi connectivity index (χ1v) is 7.61. The van der Waals surface area contributed by atoms with Crippen molar-refractivity contribution in [3.8, 4) is 0 Å². The van der Waals surface area contributed by atoms with Crippen LogP contribution in [0.1, 0.15) is 25.1 Å². The van der Waals surface area contributed by atoms with Crippen LogP contribution >= 0.6 is 0 Å². The number of H-pyrrole nitrogens is 1.